The van der Waals surface area contributed by atoms with Crippen LogP contribution >= 0.6 is 35.0 Å². The summed E-state index contributed by atoms with van der Waals surface area (Å²) in [6.45, 7) is 8.02. The van der Waals surface area contributed by atoms with Crippen molar-refractivity contribution in [3.63, 3.8) is 0 Å². The summed E-state index contributed by atoms with van der Waals surface area (Å²) in [5.74, 6) is 1.23. The minimum Gasteiger partial charge on any atom is -0.328 e. The van der Waals surface area contributed by atoms with E-state index in [1.54, 1.807) is 34.6 Å². The molecule has 4 rings (SSSR count). The fourth-order valence-electron chi connectivity index (χ4n) is 3.91. The highest BCUT2D eigenvalue weighted by Gasteiger charge is 2.36. The van der Waals surface area contributed by atoms with Gasteiger partial charge in [0.2, 0.25) is 11.1 Å². The number of nitrogens with one attached hydrogen (secondary N) is 2. The molecule has 3 aromatic rings. The fourth-order valence-corrected chi connectivity index (χ4v) is 5.43. The zero-order chi connectivity index (χ0) is 24.4. The van der Waals surface area contributed by atoms with Crippen LogP contribution in [0, 0.1) is 13.8 Å². The van der Waals surface area contributed by atoms with Gasteiger partial charge in [0.1, 0.15) is 6.04 Å². The normalized spacial score (nSPS) is 15.2. The molecule has 1 amide bonds. The first kappa shape index (κ1) is 24.6. The van der Waals surface area contributed by atoms with Gasteiger partial charge in [0.15, 0.2) is 0 Å². The quantitative estimate of drug-likeness (QED) is 0.261. The van der Waals surface area contributed by atoms with Crippen molar-refractivity contribution in [2.75, 3.05) is 16.4 Å². The Bertz CT molecular complexity index is 1250. The second kappa shape index (κ2) is 10.4. The van der Waals surface area contributed by atoms with Crippen LogP contribution in [0.25, 0.3) is 0 Å². The zero-order valence-corrected chi connectivity index (χ0v) is 21.9. The van der Waals surface area contributed by atoms with Crippen LogP contribution in [0.3, 0.4) is 0 Å². The van der Waals surface area contributed by atoms with Crippen LogP contribution in [0.2, 0.25) is 10.0 Å². The van der Waals surface area contributed by atoms with Crippen molar-refractivity contribution in [2.45, 2.75) is 51.7 Å². The number of amides is 1. The molecule has 1 aliphatic heterocycles. The predicted octanol–water partition coefficient (Wildman–Crippen LogP) is 7.02. The van der Waals surface area contributed by atoms with E-state index in [0.29, 0.717) is 38.0 Å². The van der Waals surface area contributed by atoms with Crippen molar-refractivity contribution < 1.29 is 4.79 Å². The van der Waals surface area contributed by atoms with Gasteiger partial charge in [0.05, 0.1) is 5.57 Å². The summed E-state index contributed by atoms with van der Waals surface area (Å²) in [5.41, 5.74) is 4.65. The molecule has 0 spiro atoms. The number of halogens is 2. The average Bonchev–Trinajstić information content (AvgIpc) is 3.19. The number of rotatable bonds is 7. The Morgan fingerprint density at radius 2 is 1.85 bits per heavy atom. The van der Waals surface area contributed by atoms with Crippen molar-refractivity contribution >= 4 is 52.5 Å². The summed E-state index contributed by atoms with van der Waals surface area (Å²) in [6, 6.07) is 10.5. The summed E-state index contributed by atoms with van der Waals surface area (Å²) in [6.07, 6.45) is 2.17. The van der Waals surface area contributed by atoms with Crippen LogP contribution in [0.5, 0.6) is 0 Å². The molecule has 0 bridgehead atoms. The Morgan fingerprint density at radius 1 is 1.15 bits per heavy atom. The fraction of sp³-hybridized carbons (Fsp3) is 0.320. The average molecular weight is 516 g/mol. The van der Waals surface area contributed by atoms with Crippen molar-refractivity contribution in [1.82, 2.24) is 14.8 Å². The molecule has 0 aliphatic carbocycles. The molecule has 0 saturated heterocycles. The SMILES string of the molecule is CCCCSc1nc2n(n1)C(c1c(Cl)cccc1Cl)C(C(=O)Nc1cccc(C)c1C)=C(C)N2. The van der Waals surface area contributed by atoms with Crippen LogP contribution in [-0.2, 0) is 4.79 Å². The number of thioether (sulfide) groups is 1. The number of anilines is 2. The first-order valence-electron chi connectivity index (χ1n) is 11.2. The number of hydrogen-bond donors (Lipinski definition) is 2. The highest BCUT2D eigenvalue weighted by Crippen LogP contribution is 2.42. The lowest BCUT2D eigenvalue weighted by Crippen LogP contribution is -2.32. The number of aryl methyl sites for hydroxylation is 1. The lowest BCUT2D eigenvalue weighted by atomic mass is 9.94. The number of benzene rings is 2. The van der Waals surface area contributed by atoms with E-state index in [0.717, 1.165) is 35.4 Å². The van der Waals surface area contributed by atoms with Gasteiger partial charge in [-0.05, 0) is 56.5 Å². The van der Waals surface area contributed by atoms with Crippen LogP contribution in [-0.4, -0.2) is 26.4 Å². The molecule has 1 atom stereocenters. The maximum absolute atomic E-state index is 13.7. The topological polar surface area (TPSA) is 71.8 Å². The molecule has 178 valence electrons. The van der Waals surface area contributed by atoms with Crippen LogP contribution < -0.4 is 10.6 Å². The summed E-state index contributed by atoms with van der Waals surface area (Å²) in [4.78, 5) is 18.4. The van der Waals surface area contributed by atoms with Crippen molar-refractivity contribution in [3.05, 3.63) is 74.4 Å². The number of carbonyl (C=O) groups is 1. The minimum absolute atomic E-state index is 0.249. The first-order chi connectivity index (χ1) is 16.3. The molecular weight excluding hydrogens is 489 g/mol. The Hall–Kier alpha value is -2.48. The molecule has 9 heteroatoms. The molecular formula is C25H27Cl2N5OS. The number of nitrogens with zero attached hydrogens (tertiary/aromatic N) is 3. The highest BCUT2D eigenvalue weighted by atomic mass is 35.5. The number of hydrogen-bond acceptors (Lipinski definition) is 5. The third-order valence-corrected chi connectivity index (χ3v) is 7.52. The lowest BCUT2D eigenvalue weighted by molar-refractivity contribution is -0.113. The number of unbranched alkanes of at least 4 members (excludes halogenated alkanes) is 1. The molecule has 2 aromatic carbocycles. The second-order valence-electron chi connectivity index (χ2n) is 8.27. The molecule has 1 aromatic heterocycles. The van der Waals surface area contributed by atoms with E-state index < -0.39 is 6.04 Å². The molecule has 2 N–H and O–H groups in total. The van der Waals surface area contributed by atoms with E-state index in [-0.39, 0.29) is 5.91 Å². The molecule has 34 heavy (non-hydrogen) atoms. The third-order valence-electron chi connectivity index (χ3n) is 5.93. The Morgan fingerprint density at radius 3 is 2.56 bits per heavy atom. The van der Waals surface area contributed by atoms with Crippen molar-refractivity contribution in [3.8, 4) is 0 Å². The number of aromatic nitrogens is 3. The lowest BCUT2D eigenvalue weighted by Gasteiger charge is -2.30. The Labute approximate surface area is 214 Å². The number of carbonyl (C=O) groups excluding carboxylic acids is 1. The molecule has 2 heterocycles. The first-order valence-corrected chi connectivity index (χ1v) is 12.9. The predicted molar refractivity (Wildman–Crippen MR) is 141 cm³/mol. The van der Waals surface area contributed by atoms with E-state index in [4.69, 9.17) is 28.3 Å². The summed E-state index contributed by atoms with van der Waals surface area (Å²) >= 11 is 14.9. The summed E-state index contributed by atoms with van der Waals surface area (Å²) < 4.78 is 1.71. The van der Waals surface area contributed by atoms with Gasteiger partial charge >= 0.3 is 0 Å². The zero-order valence-electron chi connectivity index (χ0n) is 19.6. The van der Waals surface area contributed by atoms with Gasteiger partial charge in [-0.3, -0.25) is 4.79 Å². The summed E-state index contributed by atoms with van der Waals surface area (Å²) in [7, 11) is 0. The minimum atomic E-state index is -0.629. The van der Waals surface area contributed by atoms with Gasteiger partial charge in [-0.25, -0.2) is 4.68 Å². The number of allylic oxidation sites excluding steroid dienone is 1. The Kier molecular flexibility index (Phi) is 7.55. The number of fused-ring (bicyclic) bond motifs is 1. The van der Waals surface area contributed by atoms with Gasteiger partial charge in [-0.2, -0.15) is 4.98 Å². The van der Waals surface area contributed by atoms with Crippen molar-refractivity contribution in [1.29, 1.82) is 0 Å². The van der Waals surface area contributed by atoms with Gasteiger partial charge in [0, 0.05) is 32.7 Å². The third kappa shape index (κ3) is 4.83. The maximum atomic E-state index is 13.7. The van der Waals surface area contributed by atoms with Crippen LogP contribution in [0.4, 0.5) is 11.6 Å². The van der Waals surface area contributed by atoms with Crippen molar-refractivity contribution in [2.24, 2.45) is 0 Å². The second-order valence-corrected chi connectivity index (χ2v) is 10.1. The molecule has 1 unspecified atom stereocenters. The van der Waals surface area contributed by atoms with E-state index >= 15 is 0 Å². The largest absolute Gasteiger partial charge is 0.328 e. The van der Waals surface area contributed by atoms with Gasteiger partial charge in [-0.15, -0.1) is 5.10 Å². The monoisotopic (exact) mass is 515 g/mol. The maximum Gasteiger partial charge on any atom is 0.255 e. The Balaban J connectivity index is 1.80. The van der Waals surface area contributed by atoms with E-state index in [1.807, 2.05) is 39.0 Å². The molecule has 0 saturated carbocycles. The van der Waals surface area contributed by atoms with Gasteiger partial charge in [-0.1, -0.05) is 66.5 Å². The van der Waals surface area contributed by atoms with Gasteiger partial charge < -0.3 is 10.6 Å². The van der Waals surface area contributed by atoms with Gasteiger partial charge in [0.25, 0.3) is 5.91 Å². The van der Waals surface area contributed by atoms with E-state index in [2.05, 4.69) is 22.5 Å². The van der Waals surface area contributed by atoms with Crippen LogP contribution in [0.15, 0.2) is 52.8 Å². The highest BCUT2D eigenvalue weighted by molar-refractivity contribution is 7.99. The molecule has 0 radical (unpaired) electrons. The molecule has 1 aliphatic rings. The van der Waals surface area contributed by atoms with Crippen LogP contribution in [0.1, 0.15) is 49.4 Å². The smallest absolute Gasteiger partial charge is 0.255 e. The molecule has 0 fully saturated rings. The standard InChI is InChI=1S/C25H27Cl2N5OS/c1-5-6-13-34-25-30-24-28-16(4)20(23(33)29-19-12-7-9-14(2)15(19)3)22(32(24)31-25)21-17(26)10-8-11-18(21)27/h7-12,22H,5-6,13H2,1-4H3,(H,29,33)(H,28,30,31). The molecule has 6 nitrogen and oxygen atoms in total. The summed E-state index contributed by atoms with van der Waals surface area (Å²) in [5, 5.41) is 12.7. The van der Waals surface area contributed by atoms with E-state index in [1.165, 1.54) is 0 Å². The van der Waals surface area contributed by atoms with E-state index in [9.17, 15) is 4.79 Å².